The van der Waals surface area contributed by atoms with Crippen LogP contribution in [0.3, 0.4) is 0 Å². The Morgan fingerprint density at radius 3 is 2.81 bits per heavy atom. The SMILES string of the molecule is Cc1nonc1COc1c(Br)cccc1CNCC(C)C. The Morgan fingerprint density at radius 1 is 1.33 bits per heavy atom. The van der Waals surface area contributed by atoms with Crippen molar-refractivity contribution in [3.05, 3.63) is 39.6 Å². The minimum absolute atomic E-state index is 0.342. The maximum atomic E-state index is 5.90. The highest BCUT2D eigenvalue weighted by atomic mass is 79.9. The van der Waals surface area contributed by atoms with Crippen molar-refractivity contribution in [2.75, 3.05) is 6.54 Å². The average Bonchev–Trinajstić information content (AvgIpc) is 2.83. The van der Waals surface area contributed by atoms with Gasteiger partial charge >= 0.3 is 0 Å². The highest BCUT2D eigenvalue weighted by Gasteiger charge is 2.11. The number of hydrogen-bond acceptors (Lipinski definition) is 5. The lowest BCUT2D eigenvalue weighted by Gasteiger charge is -2.14. The molecule has 0 unspecified atom stereocenters. The van der Waals surface area contributed by atoms with Crippen LogP contribution in [0.2, 0.25) is 0 Å². The summed E-state index contributed by atoms with van der Waals surface area (Å²) < 4.78 is 11.5. The second-order valence-corrected chi connectivity index (χ2v) is 6.19. The summed E-state index contributed by atoms with van der Waals surface area (Å²) in [5.74, 6) is 1.45. The van der Waals surface area contributed by atoms with E-state index in [0.29, 0.717) is 18.2 Å². The Kier molecular flexibility index (Phi) is 5.76. The van der Waals surface area contributed by atoms with Crippen molar-refractivity contribution in [3.8, 4) is 5.75 Å². The molecule has 0 spiro atoms. The third-order valence-electron chi connectivity index (χ3n) is 3.02. The van der Waals surface area contributed by atoms with Crippen LogP contribution in [0.25, 0.3) is 0 Å². The monoisotopic (exact) mass is 353 g/mol. The Hall–Kier alpha value is -1.40. The van der Waals surface area contributed by atoms with E-state index in [2.05, 4.69) is 56.1 Å². The van der Waals surface area contributed by atoms with Crippen LogP contribution in [0, 0.1) is 12.8 Å². The molecule has 21 heavy (non-hydrogen) atoms. The summed E-state index contributed by atoms with van der Waals surface area (Å²) in [5.41, 5.74) is 2.58. The van der Waals surface area contributed by atoms with Crippen LogP contribution in [0.4, 0.5) is 0 Å². The van der Waals surface area contributed by atoms with Crippen molar-refractivity contribution in [1.82, 2.24) is 15.6 Å². The highest BCUT2D eigenvalue weighted by molar-refractivity contribution is 9.10. The molecule has 0 radical (unpaired) electrons. The maximum absolute atomic E-state index is 5.90. The van der Waals surface area contributed by atoms with Gasteiger partial charge in [-0.3, -0.25) is 0 Å². The normalized spacial score (nSPS) is 11.1. The lowest BCUT2D eigenvalue weighted by molar-refractivity contribution is 0.267. The standard InChI is InChI=1S/C15H20BrN3O2/c1-10(2)7-17-8-12-5-4-6-13(16)15(12)20-9-14-11(3)18-21-19-14/h4-6,10,17H,7-9H2,1-3H3. The molecular weight excluding hydrogens is 334 g/mol. The molecule has 0 fully saturated rings. The minimum Gasteiger partial charge on any atom is -0.486 e. The molecule has 0 bridgehead atoms. The third kappa shape index (κ3) is 4.54. The number of halogens is 1. The summed E-state index contributed by atoms with van der Waals surface area (Å²) in [5, 5.41) is 11.0. The molecule has 0 aliphatic carbocycles. The fourth-order valence-corrected chi connectivity index (χ4v) is 2.39. The summed E-state index contributed by atoms with van der Waals surface area (Å²) in [4.78, 5) is 0. The molecule has 0 aliphatic rings. The Bertz CT molecular complexity index is 584. The Labute approximate surface area is 133 Å². The van der Waals surface area contributed by atoms with E-state index in [9.17, 15) is 0 Å². The van der Waals surface area contributed by atoms with Gasteiger partial charge in [-0.1, -0.05) is 36.3 Å². The zero-order valence-corrected chi connectivity index (χ0v) is 14.1. The van der Waals surface area contributed by atoms with Gasteiger partial charge in [-0.15, -0.1) is 0 Å². The van der Waals surface area contributed by atoms with Crippen LogP contribution in [0.15, 0.2) is 27.3 Å². The number of hydrogen-bond donors (Lipinski definition) is 1. The number of aryl methyl sites for hydroxylation is 1. The quantitative estimate of drug-likeness (QED) is 0.825. The fourth-order valence-electron chi connectivity index (χ4n) is 1.87. The molecule has 1 heterocycles. The summed E-state index contributed by atoms with van der Waals surface area (Å²) in [6, 6.07) is 6.03. The topological polar surface area (TPSA) is 60.2 Å². The van der Waals surface area contributed by atoms with Crippen molar-refractivity contribution < 1.29 is 9.37 Å². The third-order valence-corrected chi connectivity index (χ3v) is 3.64. The van der Waals surface area contributed by atoms with Gasteiger partial charge in [0.1, 0.15) is 23.7 Å². The molecule has 5 nitrogen and oxygen atoms in total. The first-order valence-corrected chi connectivity index (χ1v) is 7.76. The first-order valence-electron chi connectivity index (χ1n) is 6.97. The van der Waals surface area contributed by atoms with E-state index in [1.165, 1.54) is 0 Å². The molecule has 0 amide bonds. The van der Waals surface area contributed by atoms with E-state index in [-0.39, 0.29) is 0 Å². The average molecular weight is 354 g/mol. The number of rotatable bonds is 7. The summed E-state index contributed by atoms with van der Waals surface area (Å²) in [7, 11) is 0. The van der Waals surface area contributed by atoms with Gasteiger partial charge in [-0.2, -0.15) is 0 Å². The maximum Gasteiger partial charge on any atom is 0.145 e. The van der Waals surface area contributed by atoms with E-state index in [0.717, 1.165) is 34.6 Å². The van der Waals surface area contributed by atoms with Crippen molar-refractivity contribution in [2.24, 2.45) is 5.92 Å². The second-order valence-electron chi connectivity index (χ2n) is 5.34. The molecule has 2 rings (SSSR count). The number of benzene rings is 1. The van der Waals surface area contributed by atoms with Crippen molar-refractivity contribution in [2.45, 2.75) is 33.9 Å². The van der Waals surface area contributed by atoms with Gasteiger partial charge in [0.15, 0.2) is 0 Å². The van der Waals surface area contributed by atoms with Gasteiger partial charge in [-0.25, -0.2) is 4.63 Å². The van der Waals surface area contributed by atoms with Crippen molar-refractivity contribution in [1.29, 1.82) is 0 Å². The Balaban J connectivity index is 2.05. The molecular formula is C15H20BrN3O2. The molecule has 1 aromatic heterocycles. The lowest BCUT2D eigenvalue weighted by atomic mass is 10.2. The van der Waals surface area contributed by atoms with Gasteiger partial charge in [-0.05, 0) is 41.4 Å². The summed E-state index contributed by atoms with van der Waals surface area (Å²) in [6.45, 7) is 8.30. The largest absolute Gasteiger partial charge is 0.486 e. The van der Waals surface area contributed by atoms with Crippen LogP contribution in [0.1, 0.15) is 30.8 Å². The summed E-state index contributed by atoms with van der Waals surface area (Å²) >= 11 is 3.54. The van der Waals surface area contributed by atoms with E-state index in [1.807, 2.05) is 19.1 Å². The number of para-hydroxylation sites is 1. The van der Waals surface area contributed by atoms with Crippen LogP contribution in [-0.2, 0) is 13.2 Å². The molecule has 0 atom stereocenters. The predicted molar refractivity (Wildman–Crippen MR) is 84.1 cm³/mol. The van der Waals surface area contributed by atoms with E-state index >= 15 is 0 Å². The molecule has 1 aromatic carbocycles. The van der Waals surface area contributed by atoms with Crippen LogP contribution < -0.4 is 10.1 Å². The van der Waals surface area contributed by atoms with Crippen LogP contribution in [-0.4, -0.2) is 16.9 Å². The second kappa shape index (κ2) is 7.56. The molecule has 0 aliphatic heterocycles. The zero-order valence-electron chi connectivity index (χ0n) is 12.5. The highest BCUT2D eigenvalue weighted by Crippen LogP contribution is 2.30. The molecule has 2 aromatic rings. The molecule has 0 saturated carbocycles. The zero-order chi connectivity index (χ0) is 15.2. The smallest absolute Gasteiger partial charge is 0.145 e. The number of aromatic nitrogens is 2. The number of ether oxygens (including phenoxy) is 1. The molecule has 0 saturated heterocycles. The van der Waals surface area contributed by atoms with E-state index < -0.39 is 0 Å². The van der Waals surface area contributed by atoms with Crippen LogP contribution >= 0.6 is 15.9 Å². The first-order chi connectivity index (χ1) is 10.1. The van der Waals surface area contributed by atoms with Gasteiger partial charge in [0.05, 0.1) is 4.47 Å². The van der Waals surface area contributed by atoms with Crippen molar-refractivity contribution in [3.63, 3.8) is 0 Å². The van der Waals surface area contributed by atoms with E-state index in [4.69, 9.17) is 4.74 Å². The lowest BCUT2D eigenvalue weighted by Crippen LogP contribution is -2.19. The first kappa shape index (κ1) is 16.0. The summed E-state index contributed by atoms with van der Waals surface area (Å²) in [6.07, 6.45) is 0. The fraction of sp³-hybridized carbons (Fsp3) is 0.467. The van der Waals surface area contributed by atoms with Gasteiger partial charge in [0, 0.05) is 12.1 Å². The van der Waals surface area contributed by atoms with Gasteiger partial charge in [0.25, 0.3) is 0 Å². The molecule has 6 heteroatoms. The molecule has 1 N–H and O–H groups in total. The number of nitrogens with zero attached hydrogens (tertiary/aromatic N) is 2. The van der Waals surface area contributed by atoms with Crippen molar-refractivity contribution >= 4 is 15.9 Å². The van der Waals surface area contributed by atoms with Gasteiger partial charge < -0.3 is 10.1 Å². The molecule has 114 valence electrons. The Morgan fingerprint density at radius 2 is 2.14 bits per heavy atom. The minimum atomic E-state index is 0.342. The van der Waals surface area contributed by atoms with Gasteiger partial charge in [0.2, 0.25) is 0 Å². The predicted octanol–water partition coefficient (Wildman–Crippen LogP) is 3.47. The van der Waals surface area contributed by atoms with E-state index in [1.54, 1.807) is 0 Å². The number of nitrogens with one attached hydrogen (secondary N) is 1. The van der Waals surface area contributed by atoms with Crippen LogP contribution in [0.5, 0.6) is 5.75 Å².